The zero-order chi connectivity index (χ0) is 25.2. The van der Waals surface area contributed by atoms with Crippen molar-refractivity contribution in [2.75, 3.05) is 5.32 Å². The Bertz CT molecular complexity index is 1520. The molecular formula is C30H26FN3OS. The number of amides is 1. The number of carbonyl (C=O) groups excluding carboxylic acids is 1. The summed E-state index contributed by atoms with van der Waals surface area (Å²) in [6.45, 7) is 3.98. The van der Waals surface area contributed by atoms with Crippen LogP contribution in [-0.2, 0) is 12.8 Å². The maximum Gasteiger partial charge on any atom is 0.258 e. The van der Waals surface area contributed by atoms with Crippen molar-refractivity contribution in [2.24, 2.45) is 0 Å². The average molecular weight is 496 g/mol. The van der Waals surface area contributed by atoms with E-state index >= 15 is 0 Å². The van der Waals surface area contributed by atoms with Crippen molar-refractivity contribution in [2.45, 2.75) is 39.5 Å². The number of carbonyl (C=O) groups is 1. The molecule has 4 aromatic rings. The molecule has 0 saturated carbocycles. The van der Waals surface area contributed by atoms with Gasteiger partial charge in [0.05, 0.1) is 17.2 Å². The molecular weight excluding hydrogens is 469 g/mol. The molecule has 2 heterocycles. The predicted octanol–water partition coefficient (Wildman–Crippen LogP) is 7.49. The van der Waals surface area contributed by atoms with Gasteiger partial charge in [0.15, 0.2) is 0 Å². The number of benzene rings is 2. The minimum Gasteiger partial charge on any atom is -0.322 e. The van der Waals surface area contributed by atoms with Crippen LogP contribution in [0.2, 0.25) is 0 Å². The number of aryl methyl sites for hydroxylation is 2. The van der Waals surface area contributed by atoms with Crippen LogP contribution in [0.15, 0.2) is 60.7 Å². The third-order valence-corrected chi connectivity index (χ3v) is 7.95. The zero-order valence-electron chi connectivity index (χ0n) is 20.3. The minimum absolute atomic E-state index is 0.107. The molecule has 0 aliphatic heterocycles. The van der Waals surface area contributed by atoms with Gasteiger partial charge in [-0.15, -0.1) is 11.3 Å². The van der Waals surface area contributed by atoms with Gasteiger partial charge >= 0.3 is 0 Å². The summed E-state index contributed by atoms with van der Waals surface area (Å²) in [5, 5.41) is 13.7. The first-order valence-corrected chi connectivity index (χ1v) is 12.9. The number of para-hydroxylation sites is 1. The fourth-order valence-corrected chi connectivity index (χ4v) is 6.41. The minimum atomic E-state index is -0.426. The number of thiophene rings is 1. The molecule has 0 unspecified atom stereocenters. The van der Waals surface area contributed by atoms with Crippen LogP contribution in [0.25, 0.3) is 16.7 Å². The highest BCUT2D eigenvalue weighted by atomic mass is 32.1. The molecule has 0 atom stereocenters. The molecule has 1 aliphatic rings. The first kappa shape index (κ1) is 23.8. The third kappa shape index (κ3) is 4.38. The summed E-state index contributed by atoms with van der Waals surface area (Å²) < 4.78 is 16.5. The van der Waals surface area contributed by atoms with E-state index in [0.717, 1.165) is 64.4 Å². The van der Waals surface area contributed by atoms with Crippen LogP contribution in [0.4, 0.5) is 10.1 Å². The topological polar surface area (TPSA) is 57.8 Å². The standard InChI is InChI=1S/C30H26FN3OS/c1-19-16-21(17-22(18-32)24-12-6-8-14-26(24)31)20(2)34(19)30-28(25-13-7-9-15-27(25)36-30)29(35)33-23-10-4-3-5-11-23/h3-6,8,10-12,14,16-17H,7,9,13,15H2,1-2H3,(H,33,35). The van der Waals surface area contributed by atoms with Gasteiger partial charge in [-0.3, -0.25) is 4.79 Å². The van der Waals surface area contributed by atoms with Crippen LogP contribution in [0.1, 0.15) is 56.2 Å². The molecule has 2 aromatic heterocycles. The maximum atomic E-state index is 14.4. The second-order valence-electron chi connectivity index (χ2n) is 9.02. The highest BCUT2D eigenvalue weighted by molar-refractivity contribution is 7.15. The third-order valence-electron chi connectivity index (χ3n) is 6.67. The smallest absolute Gasteiger partial charge is 0.258 e. The summed E-state index contributed by atoms with van der Waals surface area (Å²) in [7, 11) is 0. The Labute approximate surface area is 214 Å². The summed E-state index contributed by atoms with van der Waals surface area (Å²) >= 11 is 1.68. The van der Waals surface area contributed by atoms with Crippen LogP contribution in [0.3, 0.4) is 0 Å². The van der Waals surface area contributed by atoms with Crippen LogP contribution in [0, 0.1) is 31.0 Å². The number of allylic oxidation sites excluding steroid dienone is 1. The molecule has 5 rings (SSSR count). The number of rotatable bonds is 5. The van der Waals surface area contributed by atoms with Crippen LogP contribution in [-0.4, -0.2) is 10.5 Å². The average Bonchev–Trinajstić information content (AvgIpc) is 3.39. The first-order chi connectivity index (χ1) is 17.5. The number of hydrogen-bond acceptors (Lipinski definition) is 3. The second kappa shape index (κ2) is 9.96. The number of anilines is 1. The van der Waals surface area contributed by atoms with Gasteiger partial charge in [-0.2, -0.15) is 5.26 Å². The Morgan fingerprint density at radius 2 is 1.81 bits per heavy atom. The number of nitriles is 1. The Hall–Kier alpha value is -3.95. The van der Waals surface area contributed by atoms with Crippen molar-refractivity contribution in [1.29, 1.82) is 5.26 Å². The van der Waals surface area contributed by atoms with E-state index in [0.29, 0.717) is 0 Å². The largest absolute Gasteiger partial charge is 0.322 e. The highest BCUT2D eigenvalue weighted by Gasteiger charge is 2.28. The molecule has 0 spiro atoms. The monoisotopic (exact) mass is 495 g/mol. The van der Waals surface area contributed by atoms with Crippen LogP contribution < -0.4 is 5.32 Å². The SMILES string of the molecule is Cc1cc(C=C(C#N)c2ccccc2F)c(C)n1-c1sc2c(c1C(=O)Nc1ccccc1)CCCC2. The Kier molecular flexibility index (Phi) is 6.58. The van der Waals surface area contributed by atoms with Gasteiger partial charge in [-0.05, 0) is 81.0 Å². The number of fused-ring (bicyclic) bond motifs is 1. The van der Waals surface area contributed by atoms with E-state index in [1.807, 2.05) is 50.2 Å². The van der Waals surface area contributed by atoms with Crippen molar-refractivity contribution < 1.29 is 9.18 Å². The van der Waals surface area contributed by atoms with E-state index in [9.17, 15) is 14.4 Å². The number of nitrogens with one attached hydrogen (secondary N) is 1. The van der Waals surface area contributed by atoms with Crippen molar-refractivity contribution in [3.05, 3.63) is 105 Å². The lowest BCUT2D eigenvalue weighted by Crippen LogP contribution is -2.17. The number of hydrogen-bond donors (Lipinski definition) is 1. The molecule has 1 N–H and O–H groups in total. The van der Waals surface area contributed by atoms with Crippen molar-refractivity contribution >= 4 is 34.6 Å². The molecule has 0 saturated heterocycles. The summed E-state index contributed by atoms with van der Waals surface area (Å²) in [6, 6.07) is 20.0. The van der Waals surface area contributed by atoms with E-state index in [1.165, 1.54) is 10.9 Å². The number of aromatic nitrogens is 1. The molecule has 1 aliphatic carbocycles. The number of nitrogens with zero attached hydrogens (tertiary/aromatic N) is 2. The first-order valence-electron chi connectivity index (χ1n) is 12.0. The second-order valence-corrected chi connectivity index (χ2v) is 10.1. The quantitative estimate of drug-likeness (QED) is 0.292. The molecule has 0 fully saturated rings. The Balaban J connectivity index is 1.62. The van der Waals surface area contributed by atoms with E-state index < -0.39 is 5.82 Å². The molecule has 36 heavy (non-hydrogen) atoms. The summed E-state index contributed by atoms with van der Waals surface area (Å²) in [5.41, 5.74) is 5.86. The fraction of sp³-hybridized carbons (Fsp3) is 0.200. The summed E-state index contributed by atoms with van der Waals surface area (Å²) in [4.78, 5) is 14.9. The molecule has 6 heteroatoms. The molecule has 1 amide bonds. The lowest BCUT2D eigenvalue weighted by molar-refractivity contribution is 0.102. The van der Waals surface area contributed by atoms with Gasteiger partial charge in [0, 0.05) is 27.5 Å². The molecule has 4 nitrogen and oxygen atoms in total. The lowest BCUT2D eigenvalue weighted by Gasteiger charge is -2.14. The fourth-order valence-electron chi connectivity index (χ4n) is 4.91. The van der Waals surface area contributed by atoms with E-state index in [4.69, 9.17) is 0 Å². The molecule has 0 radical (unpaired) electrons. The molecule has 2 aromatic carbocycles. The van der Waals surface area contributed by atoms with E-state index in [1.54, 1.807) is 35.6 Å². The van der Waals surface area contributed by atoms with Crippen LogP contribution in [0.5, 0.6) is 0 Å². The summed E-state index contributed by atoms with van der Waals surface area (Å²) in [5.74, 6) is -0.533. The summed E-state index contributed by atoms with van der Waals surface area (Å²) in [6.07, 6.45) is 5.79. The van der Waals surface area contributed by atoms with Crippen LogP contribution >= 0.6 is 11.3 Å². The van der Waals surface area contributed by atoms with Gasteiger partial charge in [-0.1, -0.05) is 36.4 Å². The lowest BCUT2D eigenvalue weighted by atomic mass is 9.95. The van der Waals surface area contributed by atoms with Gasteiger partial charge in [0.2, 0.25) is 0 Å². The normalized spacial score (nSPS) is 13.2. The van der Waals surface area contributed by atoms with Crippen molar-refractivity contribution in [3.63, 3.8) is 0 Å². The van der Waals surface area contributed by atoms with Crippen molar-refractivity contribution in [1.82, 2.24) is 4.57 Å². The van der Waals surface area contributed by atoms with Gasteiger partial charge < -0.3 is 9.88 Å². The Morgan fingerprint density at radius 3 is 2.56 bits per heavy atom. The molecule has 0 bridgehead atoms. The van der Waals surface area contributed by atoms with Crippen molar-refractivity contribution in [3.8, 4) is 11.1 Å². The van der Waals surface area contributed by atoms with Gasteiger partial charge in [-0.25, -0.2) is 4.39 Å². The Morgan fingerprint density at radius 1 is 1.08 bits per heavy atom. The number of halogens is 1. The maximum absolute atomic E-state index is 14.4. The molecule has 180 valence electrons. The highest BCUT2D eigenvalue weighted by Crippen LogP contribution is 2.39. The van der Waals surface area contributed by atoms with Gasteiger partial charge in [0.25, 0.3) is 5.91 Å². The predicted molar refractivity (Wildman–Crippen MR) is 144 cm³/mol. The zero-order valence-corrected chi connectivity index (χ0v) is 21.1. The van der Waals surface area contributed by atoms with Gasteiger partial charge in [0.1, 0.15) is 10.8 Å². The van der Waals surface area contributed by atoms with E-state index in [-0.39, 0.29) is 17.0 Å². The van der Waals surface area contributed by atoms with E-state index in [2.05, 4.69) is 16.0 Å².